The first-order valence-corrected chi connectivity index (χ1v) is 6.47. The van der Waals surface area contributed by atoms with Crippen LogP contribution in [-0.2, 0) is 0 Å². The molecule has 0 amide bonds. The van der Waals surface area contributed by atoms with E-state index in [1.165, 1.54) is 0 Å². The van der Waals surface area contributed by atoms with E-state index in [1.54, 1.807) is 0 Å². The van der Waals surface area contributed by atoms with Gasteiger partial charge in [-0.3, -0.25) is 0 Å². The summed E-state index contributed by atoms with van der Waals surface area (Å²) < 4.78 is -5.87. The minimum atomic E-state index is -2.04. The summed E-state index contributed by atoms with van der Waals surface area (Å²) in [4.78, 5) is 0. The van der Waals surface area contributed by atoms with Gasteiger partial charge in [-0.2, -0.15) is 0 Å². The smallest absolute Gasteiger partial charge is 0.0924 e. The predicted molar refractivity (Wildman–Crippen MR) is 62.6 cm³/mol. The van der Waals surface area contributed by atoms with Gasteiger partial charge in [0.15, 0.2) is 0 Å². The van der Waals surface area contributed by atoms with Crippen molar-refractivity contribution >= 4 is 103 Å². The fraction of sp³-hybridized carbons (Fsp3) is 1.00. The van der Waals surface area contributed by atoms with Crippen molar-refractivity contribution in [2.75, 3.05) is 0 Å². The number of halogens is 8. The Morgan fingerprint density at radius 3 is 1.17 bits per heavy atom. The van der Waals surface area contributed by atoms with E-state index in [2.05, 4.69) is 0 Å². The topological polar surface area (TPSA) is 0 Å². The Morgan fingerprint density at radius 1 is 0.750 bits per heavy atom. The summed E-state index contributed by atoms with van der Waals surface area (Å²) in [5.74, 6) is 0. The van der Waals surface area contributed by atoms with Gasteiger partial charge in [0.2, 0.25) is 11.8 Å². The summed E-state index contributed by atoms with van der Waals surface area (Å²) in [5, 5.41) is 0. The van der Waals surface area contributed by atoms with Crippen LogP contribution in [0.5, 0.6) is 0 Å². The first-order valence-electron chi connectivity index (χ1n) is 2.18. The maximum atomic E-state index is 5.60. The lowest BCUT2D eigenvalue weighted by molar-refractivity contribution is 0.829. The highest BCUT2D eigenvalue weighted by Gasteiger charge is 2.60. The summed E-state index contributed by atoms with van der Waals surface area (Å²) in [6, 6.07) is 0. The summed E-state index contributed by atoms with van der Waals surface area (Å²) in [6.07, 6.45) is 0. The second-order valence-corrected chi connectivity index (χ2v) is 8.28. The maximum Gasteiger partial charge on any atom is 0.226 e. The Hall–Kier alpha value is 2.67. The maximum absolute atomic E-state index is 5.60. The van der Waals surface area contributed by atoms with E-state index in [1.807, 2.05) is 0 Å². The lowest BCUT2D eigenvalue weighted by Crippen LogP contribution is -2.44. The van der Waals surface area contributed by atoms with Crippen LogP contribution in [0.4, 0.5) is 0 Å². The second-order valence-electron chi connectivity index (χ2n) is 1.67. The van der Waals surface area contributed by atoms with Gasteiger partial charge >= 0.3 is 0 Å². The molecule has 0 rings (SSSR count). The normalized spacial score (nSPS) is 15.0. The summed E-state index contributed by atoms with van der Waals surface area (Å²) in [6.45, 7) is 0. The first-order chi connectivity index (χ1) is 5.06. The molecule has 0 aliphatic carbocycles. The van der Waals surface area contributed by atoms with Crippen LogP contribution in [0, 0.1) is 0 Å². The van der Waals surface area contributed by atoms with Crippen LogP contribution in [0.15, 0.2) is 0 Å². The first kappa shape index (κ1) is 14.7. The van der Waals surface area contributed by atoms with Gasteiger partial charge in [0.1, 0.15) is 0 Å². The van der Waals surface area contributed by atoms with Crippen LogP contribution < -0.4 is 0 Å². The van der Waals surface area contributed by atoms with E-state index in [9.17, 15) is 0 Å². The van der Waals surface area contributed by atoms with Crippen molar-refractivity contribution in [1.82, 2.24) is 0 Å². The van der Waals surface area contributed by atoms with Gasteiger partial charge in [0.05, 0.1) is 0 Å². The fourth-order valence-corrected chi connectivity index (χ4v) is 2.45. The molecule has 0 aromatic carbocycles. The molecule has 0 radical (unpaired) electrons. The molecule has 0 unspecified atom stereocenters. The molecule has 0 fully saturated rings. The zero-order valence-corrected chi connectivity index (χ0v) is 11.8. The molecule has 0 saturated carbocycles. The Bertz CT molecular complexity index is 158. The Morgan fingerprint density at radius 2 is 1.08 bits per heavy atom. The molecule has 0 aromatic rings. The van der Waals surface area contributed by atoms with Crippen LogP contribution in [0.2, 0.25) is 0 Å². The van der Waals surface area contributed by atoms with Gasteiger partial charge in [0.25, 0.3) is 0 Å². The van der Waals surface area contributed by atoms with E-state index in [0.29, 0.717) is 11.0 Å². The van der Waals surface area contributed by atoms with E-state index < -0.39 is 11.8 Å². The van der Waals surface area contributed by atoms with Gasteiger partial charge in [0, 0.05) is 0 Å². The molecular weight excluding hydrogens is 352 g/mol. The lowest BCUT2D eigenvalue weighted by Gasteiger charge is -2.35. The molecule has 0 aliphatic heterocycles. The molecule has 0 aromatic heterocycles. The van der Waals surface area contributed by atoms with Crippen molar-refractivity contribution in [2.24, 2.45) is 0 Å². The quantitative estimate of drug-likeness (QED) is 0.588. The molecule has 0 atom stereocenters. The molecule has 9 heteroatoms. The molecular formula is C3Cl8S. The summed E-state index contributed by atoms with van der Waals surface area (Å²) >= 11 is 38.6. The molecule has 0 aliphatic rings. The van der Waals surface area contributed by atoms with E-state index in [0.717, 1.165) is 0 Å². The van der Waals surface area contributed by atoms with E-state index >= 15 is 0 Å². The van der Waals surface area contributed by atoms with Gasteiger partial charge in [-0.05, 0) is 21.7 Å². The minimum absolute atomic E-state index is 0.447. The van der Waals surface area contributed by atoms with Gasteiger partial charge in [-0.1, -0.05) is 81.2 Å². The Balaban J connectivity index is 4.85. The average molecular weight is 352 g/mol. The monoisotopic (exact) mass is 348 g/mol. The largest absolute Gasteiger partial charge is 0.226 e. The second kappa shape index (κ2) is 4.67. The zero-order valence-electron chi connectivity index (χ0n) is 4.93. The molecule has 74 valence electrons. The Kier molecular flexibility index (Phi) is 5.71. The van der Waals surface area contributed by atoms with Gasteiger partial charge in [-0.25, -0.2) is 0 Å². The van der Waals surface area contributed by atoms with Crippen LogP contribution in [0.1, 0.15) is 0 Å². The zero-order chi connectivity index (χ0) is 10.2. The molecule has 0 heterocycles. The van der Waals surface area contributed by atoms with Crippen LogP contribution >= 0.6 is 103 Å². The van der Waals surface area contributed by atoms with Crippen molar-refractivity contribution in [2.45, 2.75) is 11.8 Å². The van der Waals surface area contributed by atoms with Crippen molar-refractivity contribution in [3.05, 3.63) is 0 Å². The SMILES string of the molecule is ClSC(Cl)(Cl)C(Cl)(Cl)C(Cl)(Cl)Cl. The number of alkyl halides is 7. The predicted octanol–water partition coefficient (Wildman–Crippen LogP) is 5.55. The third kappa shape index (κ3) is 3.08. The molecule has 12 heavy (non-hydrogen) atoms. The molecule has 0 saturated heterocycles. The molecule has 0 bridgehead atoms. The third-order valence-electron chi connectivity index (χ3n) is 0.818. The van der Waals surface area contributed by atoms with Crippen LogP contribution in [0.3, 0.4) is 0 Å². The highest BCUT2D eigenvalue weighted by atomic mass is 35.7. The number of hydrogen-bond acceptors (Lipinski definition) is 1. The Labute approximate surface area is 114 Å². The lowest BCUT2D eigenvalue weighted by atomic mass is 10.5. The number of hydrogen-bond donors (Lipinski definition) is 0. The van der Waals surface area contributed by atoms with E-state index in [-0.39, 0.29) is 0 Å². The van der Waals surface area contributed by atoms with Gasteiger partial charge in [-0.15, -0.1) is 0 Å². The van der Waals surface area contributed by atoms with Crippen molar-refractivity contribution in [3.63, 3.8) is 0 Å². The van der Waals surface area contributed by atoms with E-state index in [4.69, 9.17) is 91.9 Å². The third-order valence-corrected chi connectivity index (χ3v) is 6.69. The minimum Gasteiger partial charge on any atom is -0.0924 e. The molecule has 0 nitrogen and oxygen atoms in total. The summed E-state index contributed by atoms with van der Waals surface area (Å²) in [7, 11) is 5.74. The molecule has 0 spiro atoms. The summed E-state index contributed by atoms with van der Waals surface area (Å²) in [5.41, 5.74) is 0. The van der Waals surface area contributed by atoms with Crippen LogP contribution in [-0.4, -0.2) is 11.8 Å². The molecule has 0 N–H and O–H groups in total. The average Bonchev–Trinajstić information content (AvgIpc) is 1.85. The van der Waals surface area contributed by atoms with Gasteiger partial charge < -0.3 is 0 Å². The number of rotatable bonds is 2. The van der Waals surface area contributed by atoms with Crippen molar-refractivity contribution in [3.8, 4) is 0 Å². The highest BCUT2D eigenvalue weighted by molar-refractivity contribution is 8.24. The fourth-order valence-electron chi connectivity index (χ4n) is 0.213. The standard InChI is InChI=1S/C3Cl8S/c4-1(5,2(6,7)8)3(9,10)12-11. The van der Waals surface area contributed by atoms with Crippen molar-refractivity contribution < 1.29 is 0 Å². The highest BCUT2D eigenvalue weighted by Crippen LogP contribution is 2.61. The van der Waals surface area contributed by atoms with Crippen LogP contribution in [0.25, 0.3) is 0 Å². The van der Waals surface area contributed by atoms with Crippen molar-refractivity contribution in [1.29, 1.82) is 0 Å².